The summed E-state index contributed by atoms with van der Waals surface area (Å²) in [4.78, 5) is 22.8. The molecule has 0 atom stereocenters. The van der Waals surface area contributed by atoms with Gasteiger partial charge in [-0.25, -0.2) is 14.8 Å². The lowest BCUT2D eigenvalue weighted by Crippen LogP contribution is -2.19. The molecule has 0 saturated heterocycles. The lowest BCUT2D eigenvalue weighted by Gasteiger charge is -2.14. The van der Waals surface area contributed by atoms with Crippen LogP contribution in [0.15, 0.2) is 155 Å². The van der Waals surface area contributed by atoms with E-state index in [2.05, 4.69) is 84.9 Å². The first-order valence-corrected chi connectivity index (χ1v) is 16.2. The van der Waals surface area contributed by atoms with Crippen molar-refractivity contribution >= 4 is 33.0 Å². The first kappa shape index (κ1) is 28.7. The standard InChI is InChI=1S/C43H30N4O2/c1-46-37-24-23-30(25-38(37)47(2)43(46)48)27-19-21-28(22-20-27)35-26-36(45-42(44-35)29-11-4-3-5-12-29)32-14-7-6-13-31(32)33-16-10-18-40-41(33)34-15-8-9-17-39(34)49-40/h3-26H,1-2H3. The molecule has 0 unspecified atom stereocenters. The molecule has 0 bridgehead atoms. The van der Waals surface area contributed by atoms with Crippen LogP contribution in [0.4, 0.5) is 0 Å². The van der Waals surface area contributed by atoms with Gasteiger partial charge in [-0.1, -0.05) is 115 Å². The fourth-order valence-corrected chi connectivity index (χ4v) is 6.91. The molecule has 0 N–H and O–H groups in total. The van der Waals surface area contributed by atoms with Crippen molar-refractivity contribution < 1.29 is 4.42 Å². The summed E-state index contributed by atoms with van der Waals surface area (Å²) in [6, 6.07) is 49.6. The zero-order chi connectivity index (χ0) is 33.1. The largest absolute Gasteiger partial charge is 0.456 e. The highest BCUT2D eigenvalue weighted by atomic mass is 16.3. The Morgan fingerprint density at radius 3 is 1.96 bits per heavy atom. The summed E-state index contributed by atoms with van der Waals surface area (Å²) in [5, 5.41) is 2.18. The number of aryl methyl sites for hydroxylation is 2. The van der Waals surface area contributed by atoms with Crippen LogP contribution >= 0.6 is 0 Å². The van der Waals surface area contributed by atoms with Crippen LogP contribution in [-0.4, -0.2) is 19.1 Å². The van der Waals surface area contributed by atoms with E-state index >= 15 is 0 Å². The fraction of sp³-hybridized carbons (Fsp3) is 0.0465. The first-order valence-electron chi connectivity index (χ1n) is 16.2. The Kier molecular flexibility index (Phi) is 6.62. The predicted octanol–water partition coefficient (Wildman–Crippen LogP) is 9.90. The maximum Gasteiger partial charge on any atom is 0.328 e. The lowest BCUT2D eigenvalue weighted by atomic mass is 9.93. The van der Waals surface area contributed by atoms with Gasteiger partial charge in [-0.05, 0) is 52.6 Å². The number of rotatable bonds is 5. The molecule has 0 aliphatic heterocycles. The van der Waals surface area contributed by atoms with E-state index in [1.54, 1.807) is 16.2 Å². The average molecular weight is 635 g/mol. The Labute approximate surface area is 282 Å². The fourth-order valence-electron chi connectivity index (χ4n) is 6.91. The van der Waals surface area contributed by atoms with Crippen molar-refractivity contribution in [1.82, 2.24) is 19.1 Å². The molecule has 3 heterocycles. The Bertz CT molecular complexity index is 2750. The maximum atomic E-state index is 12.5. The Morgan fingerprint density at radius 2 is 1.12 bits per heavy atom. The quantitative estimate of drug-likeness (QED) is 0.189. The van der Waals surface area contributed by atoms with Crippen molar-refractivity contribution in [1.29, 1.82) is 0 Å². The molecule has 234 valence electrons. The minimum Gasteiger partial charge on any atom is -0.456 e. The lowest BCUT2D eigenvalue weighted by molar-refractivity contribution is 0.669. The van der Waals surface area contributed by atoms with Crippen molar-refractivity contribution in [2.75, 3.05) is 0 Å². The second-order valence-electron chi connectivity index (χ2n) is 12.3. The van der Waals surface area contributed by atoms with Crippen LogP contribution in [0.3, 0.4) is 0 Å². The van der Waals surface area contributed by atoms with Crippen LogP contribution in [0.2, 0.25) is 0 Å². The van der Waals surface area contributed by atoms with Gasteiger partial charge in [0.15, 0.2) is 5.82 Å². The van der Waals surface area contributed by atoms with Gasteiger partial charge in [-0.15, -0.1) is 0 Å². The van der Waals surface area contributed by atoms with Gasteiger partial charge in [0.2, 0.25) is 0 Å². The predicted molar refractivity (Wildman–Crippen MR) is 198 cm³/mol. The highest BCUT2D eigenvalue weighted by molar-refractivity contribution is 6.13. The van der Waals surface area contributed by atoms with Gasteiger partial charge in [-0.3, -0.25) is 9.13 Å². The number of hydrogen-bond donors (Lipinski definition) is 0. The molecule has 0 fully saturated rings. The van der Waals surface area contributed by atoms with Gasteiger partial charge in [0, 0.05) is 41.6 Å². The second-order valence-corrected chi connectivity index (χ2v) is 12.3. The van der Waals surface area contributed by atoms with Crippen LogP contribution in [-0.2, 0) is 14.1 Å². The molecule has 0 saturated carbocycles. The topological polar surface area (TPSA) is 65.8 Å². The van der Waals surface area contributed by atoms with Crippen LogP contribution in [0, 0.1) is 0 Å². The summed E-state index contributed by atoms with van der Waals surface area (Å²) < 4.78 is 9.61. The zero-order valence-corrected chi connectivity index (χ0v) is 27.0. The Hall–Kier alpha value is -6.53. The molecular formula is C43H30N4O2. The number of benzene rings is 6. The number of para-hydroxylation sites is 1. The number of imidazole rings is 1. The Morgan fingerprint density at radius 1 is 0.490 bits per heavy atom. The molecule has 0 radical (unpaired) electrons. The molecule has 9 rings (SSSR count). The summed E-state index contributed by atoms with van der Waals surface area (Å²) in [7, 11) is 3.61. The first-order chi connectivity index (χ1) is 24.0. The van der Waals surface area contributed by atoms with Crippen LogP contribution < -0.4 is 5.69 Å². The highest BCUT2D eigenvalue weighted by Crippen LogP contribution is 2.41. The van der Waals surface area contributed by atoms with Gasteiger partial charge < -0.3 is 4.42 Å². The van der Waals surface area contributed by atoms with E-state index in [1.165, 1.54) is 0 Å². The van der Waals surface area contributed by atoms with Crippen molar-refractivity contribution in [3.63, 3.8) is 0 Å². The second kappa shape index (κ2) is 11.3. The van der Waals surface area contributed by atoms with E-state index in [9.17, 15) is 4.79 Å². The average Bonchev–Trinajstić information content (AvgIpc) is 3.65. The number of hydrogen-bond acceptors (Lipinski definition) is 4. The van der Waals surface area contributed by atoms with E-state index < -0.39 is 0 Å². The molecule has 0 aliphatic rings. The number of aromatic nitrogens is 4. The summed E-state index contributed by atoms with van der Waals surface area (Å²) in [6.45, 7) is 0. The summed E-state index contributed by atoms with van der Waals surface area (Å²) in [5.41, 5.74) is 12.4. The van der Waals surface area contributed by atoms with Gasteiger partial charge in [-0.2, -0.15) is 0 Å². The molecule has 0 spiro atoms. The van der Waals surface area contributed by atoms with Crippen molar-refractivity contribution in [3.05, 3.63) is 156 Å². The van der Waals surface area contributed by atoms with Gasteiger partial charge in [0.1, 0.15) is 11.2 Å². The molecule has 6 heteroatoms. The zero-order valence-electron chi connectivity index (χ0n) is 27.0. The molecular weight excluding hydrogens is 604 g/mol. The third-order valence-corrected chi connectivity index (χ3v) is 9.44. The molecule has 9 aromatic rings. The smallest absolute Gasteiger partial charge is 0.328 e. The molecule has 0 aliphatic carbocycles. The summed E-state index contributed by atoms with van der Waals surface area (Å²) in [5.74, 6) is 0.661. The molecule has 49 heavy (non-hydrogen) atoms. The van der Waals surface area contributed by atoms with Crippen LogP contribution in [0.25, 0.3) is 89.1 Å². The normalized spacial score (nSPS) is 11.6. The molecule has 6 nitrogen and oxygen atoms in total. The van der Waals surface area contributed by atoms with Crippen LogP contribution in [0.5, 0.6) is 0 Å². The minimum atomic E-state index is -0.0346. The summed E-state index contributed by atoms with van der Waals surface area (Å²) >= 11 is 0. The third-order valence-electron chi connectivity index (χ3n) is 9.44. The highest BCUT2D eigenvalue weighted by Gasteiger charge is 2.18. The van der Waals surface area contributed by atoms with Crippen molar-refractivity contribution in [3.8, 4) is 56.2 Å². The Balaban J connectivity index is 1.19. The van der Waals surface area contributed by atoms with E-state index in [-0.39, 0.29) is 5.69 Å². The van der Waals surface area contributed by atoms with E-state index in [1.807, 2.05) is 67.7 Å². The van der Waals surface area contributed by atoms with Crippen LogP contribution in [0.1, 0.15) is 0 Å². The van der Waals surface area contributed by atoms with Crippen molar-refractivity contribution in [2.45, 2.75) is 0 Å². The number of furan rings is 1. The molecule has 0 amide bonds. The van der Waals surface area contributed by atoms with Gasteiger partial charge in [0.25, 0.3) is 0 Å². The SMILES string of the molecule is Cn1c(=O)n(C)c2cc(-c3ccc(-c4cc(-c5ccccc5-c5cccc6oc7ccccc7c56)nc(-c5ccccc5)n4)cc3)ccc21. The van der Waals surface area contributed by atoms with Gasteiger partial charge in [0.05, 0.1) is 22.4 Å². The van der Waals surface area contributed by atoms with E-state index in [0.717, 1.165) is 83.3 Å². The van der Waals surface area contributed by atoms with Crippen molar-refractivity contribution in [2.24, 2.45) is 14.1 Å². The summed E-state index contributed by atoms with van der Waals surface area (Å²) in [6.07, 6.45) is 0. The number of fused-ring (bicyclic) bond motifs is 4. The monoisotopic (exact) mass is 634 g/mol. The number of nitrogens with zero attached hydrogens (tertiary/aromatic N) is 4. The maximum absolute atomic E-state index is 12.5. The van der Waals surface area contributed by atoms with E-state index in [4.69, 9.17) is 14.4 Å². The minimum absolute atomic E-state index is 0.0346. The van der Waals surface area contributed by atoms with Gasteiger partial charge >= 0.3 is 5.69 Å². The third kappa shape index (κ3) is 4.76. The van der Waals surface area contributed by atoms with E-state index in [0.29, 0.717) is 5.82 Å². The molecule has 6 aromatic carbocycles. The molecule has 3 aromatic heterocycles.